The van der Waals surface area contributed by atoms with Crippen molar-refractivity contribution in [2.24, 2.45) is 5.10 Å². The summed E-state index contributed by atoms with van der Waals surface area (Å²) in [6.45, 7) is 4.51. The van der Waals surface area contributed by atoms with E-state index in [0.29, 0.717) is 12.4 Å². The molecule has 2 aromatic carbocycles. The Morgan fingerprint density at radius 3 is 2.41 bits per heavy atom. The van der Waals surface area contributed by atoms with Crippen molar-refractivity contribution in [2.45, 2.75) is 30.9 Å². The van der Waals surface area contributed by atoms with Gasteiger partial charge in [-0.3, -0.25) is 0 Å². The summed E-state index contributed by atoms with van der Waals surface area (Å²) in [5.74, 6) is 2.21. The van der Waals surface area contributed by atoms with Gasteiger partial charge in [-0.1, -0.05) is 41.6 Å². The van der Waals surface area contributed by atoms with Crippen molar-refractivity contribution in [3.63, 3.8) is 0 Å². The lowest BCUT2D eigenvalue weighted by molar-refractivity contribution is 0.289. The first kappa shape index (κ1) is 17.6. The molecule has 1 unspecified atom stereocenters. The maximum Gasteiger partial charge on any atom is 0.212 e. The van der Waals surface area contributed by atoms with E-state index >= 15 is 0 Å². The van der Waals surface area contributed by atoms with Crippen molar-refractivity contribution >= 4 is 17.5 Å². The molecule has 0 aliphatic carbocycles. The van der Waals surface area contributed by atoms with E-state index in [-0.39, 0.29) is 5.25 Å². The van der Waals surface area contributed by atoms with E-state index in [9.17, 15) is 0 Å². The molecule has 138 valence electrons. The van der Waals surface area contributed by atoms with Gasteiger partial charge in [-0.25, -0.2) is 0 Å². The van der Waals surface area contributed by atoms with Crippen LogP contribution in [0.1, 0.15) is 23.9 Å². The molecule has 0 bridgehead atoms. The standard InChI is InChI=1S/C20H20N4O2S/c1-13-4-6-15(7-5-13)19-14(2)27-20-22-21-18(24(20)23-19)12-26-17-10-8-16(25-3)9-11-17/h4-11,14H,12H2,1-3H3. The highest BCUT2D eigenvalue weighted by Gasteiger charge is 2.25. The quantitative estimate of drug-likeness (QED) is 0.671. The van der Waals surface area contributed by atoms with E-state index in [1.807, 2.05) is 24.3 Å². The van der Waals surface area contributed by atoms with Gasteiger partial charge in [-0.2, -0.15) is 9.78 Å². The maximum atomic E-state index is 5.84. The van der Waals surface area contributed by atoms with Gasteiger partial charge in [-0.05, 0) is 43.7 Å². The van der Waals surface area contributed by atoms with Gasteiger partial charge >= 0.3 is 0 Å². The molecule has 1 atom stereocenters. The minimum atomic E-state index is 0.208. The second-order valence-electron chi connectivity index (χ2n) is 6.29. The Balaban J connectivity index is 1.57. The topological polar surface area (TPSA) is 61.5 Å². The highest BCUT2D eigenvalue weighted by atomic mass is 32.2. The summed E-state index contributed by atoms with van der Waals surface area (Å²) in [6, 6.07) is 15.9. The monoisotopic (exact) mass is 380 g/mol. The van der Waals surface area contributed by atoms with E-state index < -0.39 is 0 Å². The van der Waals surface area contributed by atoms with Gasteiger partial charge in [0.15, 0.2) is 5.82 Å². The summed E-state index contributed by atoms with van der Waals surface area (Å²) in [4.78, 5) is 0. The number of nitrogens with zero attached hydrogens (tertiary/aromatic N) is 4. The number of hydrogen-bond acceptors (Lipinski definition) is 6. The fourth-order valence-corrected chi connectivity index (χ4v) is 3.74. The van der Waals surface area contributed by atoms with Crippen molar-refractivity contribution < 1.29 is 9.47 Å². The molecule has 7 heteroatoms. The lowest BCUT2D eigenvalue weighted by Crippen LogP contribution is -2.22. The number of hydrogen-bond donors (Lipinski definition) is 0. The Morgan fingerprint density at radius 1 is 1.00 bits per heavy atom. The Morgan fingerprint density at radius 2 is 1.70 bits per heavy atom. The van der Waals surface area contributed by atoms with Gasteiger partial charge in [0.05, 0.1) is 18.1 Å². The first-order chi connectivity index (χ1) is 13.1. The molecule has 0 amide bonds. The van der Waals surface area contributed by atoms with Crippen molar-refractivity contribution in [1.29, 1.82) is 0 Å². The molecule has 0 fully saturated rings. The van der Waals surface area contributed by atoms with Gasteiger partial charge in [0.25, 0.3) is 0 Å². The summed E-state index contributed by atoms with van der Waals surface area (Å²) in [6.07, 6.45) is 0. The molecule has 6 nitrogen and oxygen atoms in total. The van der Waals surface area contributed by atoms with E-state index in [1.165, 1.54) is 5.56 Å². The molecule has 0 saturated heterocycles. The molecule has 27 heavy (non-hydrogen) atoms. The zero-order chi connectivity index (χ0) is 18.8. The SMILES string of the molecule is COc1ccc(OCc2nnc3n2N=C(c2ccc(C)cc2)C(C)S3)cc1. The van der Waals surface area contributed by atoms with Crippen LogP contribution in [0.3, 0.4) is 0 Å². The van der Waals surface area contributed by atoms with Crippen LogP contribution in [0.5, 0.6) is 11.5 Å². The Hall–Kier alpha value is -2.80. The normalized spacial score (nSPS) is 15.8. The number of aryl methyl sites for hydroxylation is 1. The number of rotatable bonds is 5. The molecule has 2 heterocycles. The molecule has 0 radical (unpaired) electrons. The fourth-order valence-electron chi connectivity index (χ4n) is 2.80. The third-order valence-corrected chi connectivity index (χ3v) is 5.37. The van der Waals surface area contributed by atoms with Crippen LogP contribution in [0, 0.1) is 6.92 Å². The highest BCUT2D eigenvalue weighted by Crippen LogP contribution is 2.30. The van der Waals surface area contributed by atoms with Crippen molar-refractivity contribution in [3.8, 4) is 11.5 Å². The summed E-state index contributed by atoms with van der Waals surface area (Å²) in [7, 11) is 1.64. The van der Waals surface area contributed by atoms with Gasteiger partial charge in [0, 0.05) is 0 Å². The van der Waals surface area contributed by atoms with Crippen molar-refractivity contribution in [1.82, 2.24) is 14.9 Å². The first-order valence-electron chi connectivity index (χ1n) is 8.68. The Kier molecular flexibility index (Phi) is 4.85. The summed E-state index contributed by atoms with van der Waals surface area (Å²) in [5.41, 5.74) is 3.36. The van der Waals surface area contributed by atoms with Crippen LogP contribution in [-0.4, -0.2) is 32.9 Å². The minimum Gasteiger partial charge on any atom is -0.497 e. The average molecular weight is 380 g/mol. The van der Waals surface area contributed by atoms with Gasteiger partial charge in [0.2, 0.25) is 5.16 Å². The number of benzene rings is 2. The zero-order valence-electron chi connectivity index (χ0n) is 15.4. The average Bonchev–Trinajstić information content (AvgIpc) is 3.08. The third kappa shape index (κ3) is 3.68. The van der Waals surface area contributed by atoms with Gasteiger partial charge in [0.1, 0.15) is 18.1 Å². The molecule has 3 aromatic rings. The van der Waals surface area contributed by atoms with Gasteiger partial charge in [-0.15, -0.1) is 10.2 Å². The van der Waals surface area contributed by atoms with E-state index in [0.717, 1.165) is 27.9 Å². The van der Waals surface area contributed by atoms with E-state index in [2.05, 4.69) is 48.3 Å². The van der Waals surface area contributed by atoms with Crippen molar-refractivity contribution in [2.75, 3.05) is 7.11 Å². The molecule has 1 aliphatic heterocycles. The lowest BCUT2D eigenvalue weighted by Gasteiger charge is -2.20. The van der Waals surface area contributed by atoms with Crippen LogP contribution in [0.25, 0.3) is 0 Å². The second-order valence-corrected chi connectivity index (χ2v) is 7.59. The molecule has 0 saturated carbocycles. The molecule has 0 spiro atoms. The highest BCUT2D eigenvalue weighted by molar-refractivity contribution is 8.00. The predicted molar refractivity (Wildman–Crippen MR) is 106 cm³/mol. The molecular weight excluding hydrogens is 360 g/mol. The Bertz CT molecular complexity index is 965. The molecular formula is C20H20N4O2S. The Labute approximate surface area is 162 Å². The van der Waals surface area contributed by atoms with Crippen LogP contribution in [-0.2, 0) is 6.61 Å². The number of methoxy groups -OCH3 is 1. The van der Waals surface area contributed by atoms with E-state index in [4.69, 9.17) is 14.6 Å². The number of thioether (sulfide) groups is 1. The summed E-state index contributed by atoms with van der Waals surface area (Å²) >= 11 is 1.65. The second kappa shape index (κ2) is 7.44. The van der Waals surface area contributed by atoms with E-state index in [1.54, 1.807) is 23.5 Å². The number of aromatic nitrogens is 3. The largest absolute Gasteiger partial charge is 0.497 e. The predicted octanol–water partition coefficient (Wildman–Crippen LogP) is 3.92. The zero-order valence-corrected chi connectivity index (χ0v) is 16.2. The molecule has 1 aromatic heterocycles. The van der Waals surface area contributed by atoms with Crippen LogP contribution >= 0.6 is 11.8 Å². The van der Waals surface area contributed by atoms with Crippen molar-refractivity contribution in [3.05, 3.63) is 65.5 Å². The smallest absolute Gasteiger partial charge is 0.212 e. The van der Waals surface area contributed by atoms with Crippen LogP contribution in [0.15, 0.2) is 58.8 Å². The minimum absolute atomic E-state index is 0.208. The molecule has 1 aliphatic rings. The van der Waals surface area contributed by atoms with Crippen LogP contribution < -0.4 is 9.47 Å². The summed E-state index contributed by atoms with van der Waals surface area (Å²) in [5, 5.41) is 14.3. The third-order valence-electron chi connectivity index (χ3n) is 4.33. The van der Waals surface area contributed by atoms with Crippen LogP contribution in [0.2, 0.25) is 0 Å². The first-order valence-corrected chi connectivity index (χ1v) is 9.55. The number of fused-ring (bicyclic) bond motifs is 1. The summed E-state index contributed by atoms with van der Waals surface area (Å²) < 4.78 is 12.8. The molecule has 0 N–H and O–H groups in total. The number of ether oxygens (including phenoxy) is 2. The van der Waals surface area contributed by atoms with Gasteiger partial charge < -0.3 is 9.47 Å². The lowest BCUT2D eigenvalue weighted by atomic mass is 10.1. The van der Waals surface area contributed by atoms with Crippen LogP contribution in [0.4, 0.5) is 0 Å². The fraction of sp³-hybridized carbons (Fsp3) is 0.250. The molecule has 4 rings (SSSR count). The maximum absolute atomic E-state index is 5.84.